The third-order valence-electron chi connectivity index (χ3n) is 5.50. The van der Waals surface area contributed by atoms with E-state index in [1.807, 2.05) is 30.3 Å². The zero-order valence-corrected chi connectivity index (χ0v) is 16.1. The van der Waals surface area contributed by atoms with Crippen molar-refractivity contribution in [3.05, 3.63) is 52.7 Å². The molecule has 6 nitrogen and oxygen atoms in total. The fourth-order valence-electron chi connectivity index (χ4n) is 4.29. The van der Waals surface area contributed by atoms with Crippen molar-refractivity contribution in [3.63, 3.8) is 0 Å². The molecule has 4 rings (SSSR count). The van der Waals surface area contributed by atoms with Crippen LogP contribution in [0.2, 0.25) is 0 Å². The number of nitrogens with zero attached hydrogens (tertiary/aromatic N) is 2. The standard InChI is InChI=1S/C22H25N3O3/c1-13(26)25(14(2)27)20-10-9-15(16-6-3-4-7-17(16)20)12-19-18-8-5-11-23-21(18)24-22(19)28/h5,8-14,26-27H,3-4,6-7H2,1-2H3,(H,23,24,28). The lowest BCUT2D eigenvalue weighted by Crippen LogP contribution is -2.41. The summed E-state index contributed by atoms with van der Waals surface area (Å²) >= 11 is 0. The second kappa shape index (κ2) is 7.37. The average molecular weight is 379 g/mol. The minimum absolute atomic E-state index is 0.142. The van der Waals surface area contributed by atoms with E-state index in [4.69, 9.17) is 0 Å². The number of amides is 1. The number of anilines is 2. The van der Waals surface area contributed by atoms with Gasteiger partial charge >= 0.3 is 0 Å². The number of aliphatic hydroxyl groups excluding tert-OH is 2. The van der Waals surface area contributed by atoms with Crippen molar-refractivity contribution in [3.8, 4) is 0 Å². The molecule has 2 unspecified atom stereocenters. The maximum atomic E-state index is 12.5. The van der Waals surface area contributed by atoms with Gasteiger partial charge in [0.1, 0.15) is 18.3 Å². The van der Waals surface area contributed by atoms with Gasteiger partial charge in [-0.1, -0.05) is 6.07 Å². The number of pyridine rings is 1. The van der Waals surface area contributed by atoms with Gasteiger partial charge in [-0.3, -0.25) is 4.79 Å². The van der Waals surface area contributed by atoms with Gasteiger partial charge in [0.05, 0.1) is 5.57 Å². The zero-order valence-electron chi connectivity index (χ0n) is 16.1. The number of hydrogen-bond donors (Lipinski definition) is 3. The van der Waals surface area contributed by atoms with Crippen molar-refractivity contribution < 1.29 is 15.0 Å². The molecule has 0 spiro atoms. The molecule has 1 amide bonds. The fraction of sp³-hybridized carbons (Fsp3) is 0.364. The maximum Gasteiger partial charge on any atom is 0.257 e. The molecular weight excluding hydrogens is 354 g/mol. The van der Waals surface area contributed by atoms with Crippen molar-refractivity contribution in [1.82, 2.24) is 4.98 Å². The highest BCUT2D eigenvalue weighted by molar-refractivity contribution is 6.34. The lowest BCUT2D eigenvalue weighted by Gasteiger charge is -2.34. The minimum atomic E-state index is -0.797. The predicted molar refractivity (Wildman–Crippen MR) is 110 cm³/mol. The Bertz CT molecular complexity index is 942. The number of aromatic nitrogens is 1. The van der Waals surface area contributed by atoms with Crippen LogP contribution in [0.4, 0.5) is 11.5 Å². The number of fused-ring (bicyclic) bond motifs is 2. The Morgan fingerprint density at radius 3 is 2.54 bits per heavy atom. The van der Waals surface area contributed by atoms with Crippen LogP contribution in [0.3, 0.4) is 0 Å². The van der Waals surface area contributed by atoms with Gasteiger partial charge in [-0.05, 0) is 80.5 Å². The van der Waals surface area contributed by atoms with Gasteiger partial charge in [-0.2, -0.15) is 0 Å². The number of carbonyl (C=O) groups is 1. The Kier molecular flexibility index (Phi) is 4.91. The summed E-state index contributed by atoms with van der Waals surface area (Å²) in [5, 5.41) is 23.2. The molecule has 1 aromatic carbocycles. The molecule has 1 aromatic heterocycles. The van der Waals surface area contributed by atoms with Gasteiger partial charge in [0, 0.05) is 17.4 Å². The molecule has 2 aliphatic rings. The van der Waals surface area contributed by atoms with Crippen LogP contribution in [-0.4, -0.2) is 33.6 Å². The van der Waals surface area contributed by atoms with Gasteiger partial charge in [0.2, 0.25) is 0 Å². The summed E-state index contributed by atoms with van der Waals surface area (Å²) < 4.78 is 0. The highest BCUT2D eigenvalue weighted by Crippen LogP contribution is 2.37. The Labute approximate surface area is 164 Å². The van der Waals surface area contributed by atoms with Crippen molar-refractivity contribution >= 4 is 29.1 Å². The molecule has 146 valence electrons. The lowest BCUT2D eigenvalue weighted by molar-refractivity contribution is -0.110. The minimum Gasteiger partial charge on any atom is -0.374 e. The SMILES string of the molecule is CC(O)N(c1ccc(C=C2C(=O)Nc3ncccc32)c2c1CCCC2)C(C)O. The Morgan fingerprint density at radius 1 is 1.11 bits per heavy atom. The van der Waals surface area contributed by atoms with E-state index in [1.54, 1.807) is 24.9 Å². The molecule has 6 heteroatoms. The largest absolute Gasteiger partial charge is 0.374 e. The average Bonchev–Trinajstić information content (AvgIpc) is 2.98. The molecule has 2 atom stereocenters. The number of rotatable bonds is 4. The monoisotopic (exact) mass is 379 g/mol. The number of carbonyl (C=O) groups excluding carboxylic acids is 1. The van der Waals surface area contributed by atoms with Crippen LogP contribution in [-0.2, 0) is 17.6 Å². The van der Waals surface area contributed by atoms with E-state index in [0.717, 1.165) is 48.1 Å². The topological polar surface area (TPSA) is 85.7 Å². The van der Waals surface area contributed by atoms with E-state index in [1.165, 1.54) is 5.56 Å². The third kappa shape index (κ3) is 3.19. The van der Waals surface area contributed by atoms with E-state index in [2.05, 4.69) is 10.3 Å². The highest BCUT2D eigenvalue weighted by atomic mass is 16.3. The predicted octanol–water partition coefficient (Wildman–Crippen LogP) is 2.94. The summed E-state index contributed by atoms with van der Waals surface area (Å²) in [7, 11) is 0. The Balaban J connectivity index is 1.83. The Morgan fingerprint density at radius 2 is 1.82 bits per heavy atom. The van der Waals surface area contributed by atoms with E-state index in [9.17, 15) is 15.0 Å². The molecule has 0 saturated heterocycles. The highest BCUT2D eigenvalue weighted by Gasteiger charge is 2.27. The van der Waals surface area contributed by atoms with E-state index < -0.39 is 12.5 Å². The summed E-state index contributed by atoms with van der Waals surface area (Å²) in [5.74, 6) is 0.454. The zero-order chi connectivity index (χ0) is 19.8. The van der Waals surface area contributed by atoms with Crippen LogP contribution in [0.5, 0.6) is 0 Å². The molecule has 2 heterocycles. The third-order valence-corrected chi connectivity index (χ3v) is 5.50. The van der Waals surface area contributed by atoms with Gasteiger partial charge in [0.15, 0.2) is 0 Å². The Hall–Kier alpha value is -2.70. The molecule has 1 aliphatic carbocycles. The van der Waals surface area contributed by atoms with Crippen LogP contribution >= 0.6 is 0 Å². The smallest absolute Gasteiger partial charge is 0.257 e. The van der Waals surface area contributed by atoms with Crippen molar-refractivity contribution in [2.24, 2.45) is 0 Å². The summed E-state index contributed by atoms with van der Waals surface area (Å²) in [5.41, 5.74) is 5.64. The summed E-state index contributed by atoms with van der Waals surface area (Å²) in [6.07, 6.45) is 5.97. The van der Waals surface area contributed by atoms with E-state index in [-0.39, 0.29) is 5.91 Å². The molecule has 0 bridgehead atoms. The van der Waals surface area contributed by atoms with Crippen LogP contribution < -0.4 is 10.2 Å². The van der Waals surface area contributed by atoms with Gasteiger partial charge in [-0.25, -0.2) is 4.98 Å². The van der Waals surface area contributed by atoms with Gasteiger partial charge in [-0.15, -0.1) is 0 Å². The molecule has 0 saturated carbocycles. The summed E-state index contributed by atoms with van der Waals surface area (Å²) in [6.45, 7) is 3.31. The van der Waals surface area contributed by atoms with Crippen LogP contribution in [0.15, 0.2) is 30.5 Å². The normalized spacial score (nSPS) is 19.0. The van der Waals surface area contributed by atoms with Crippen molar-refractivity contribution in [2.45, 2.75) is 52.0 Å². The first-order valence-corrected chi connectivity index (χ1v) is 9.75. The van der Waals surface area contributed by atoms with Crippen molar-refractivity contribution in [2.75, 3.05) is 10.2 Å². The number of hydrogen-bond acceptors (Lipinski definition) is 5. The van der Waals surface area contributed by atoms with Crippen LogP contribution in [0.25, 0.3) is 11.6 Å². The number of benzene rings is 1. The van der Waals surface area contributed by atoms with Crippen molar-refractivity contribution in [1.29, 1.82) is 0 Å². The van der Waals surface area contributed by atoms with Gasteiger partial charge < -0.3 is 20.4 Å². The first-order chi connectivity index (χ1) is 13.5. The fourth-order valence-corrected chi connectivity index (χ4v) is 4.29. The van der Waals surface area contributed by atoms with E-state index >= 15 is 0 Å². The molecule has 3 N–H and O–H groups in total. The molecule has 1 aliphatic heterocycles. The summed E-state index contributed by atoms with van der Waals surface area (Å²) in [4.78, 5) is 18.3. The quantitative estimate of drug-likeness (QED) is 0.562. The maximum absolute atomic E-state index is 12.5. The second-order valence-electron chi connectivity index (χ2n) is 7.42. The number of aliphatic hydroxyl groups is 2. The molecule has 2 aromatic rings. The first kappa shape index (κ1) is 18.7. The van der Waals surface area contributed by atoms with Crippen LogP contribution in [0.1, 0.15) is 48.9 Å². The molecule has 0 fully saturated rings. The number of nitrogens with one attached hydrogen (secondary N) is 1. The molecule has 28 heavy (non-hydrogen) atoms. The molecular formula is C22H25N3O3. The lowest BCUT2D eigenvalue weighted by atomic mass is 9.85. The van der Waals surface area contributed by atoms with Gasteiger partial charge in [0.25, 0.3) is 5.91 Å². The van der Waals surface area contributed by atoms with Crippen LogP contribution in [0, 0.1) is 0 Å². The summed E-state index contributed by atoms with van der Waals surface area (Å²) in [6, 6.07) is 7.64. The van der Waals surface area contributed by atoms with E-state index in [0.29, 0.717) is 11.4 Å². The first-order valence-electron chi connectivity index (χ1n) is 9.75. The molecule has 0 radical (unpaired) electrons. The second-order valence-corrected chi connectivity index (χ2v) is 7.42.